The van der Waals surface area contributed by atoms with E-state index in [-0.39, 0.29) is 5.56 Å². The minimum Gasteiger partial charge on any atom is -0.397 e. The molecule has 4 N–H and O–H groups in total. The monoisotopic (exact) mass is 350 g/mol. The maximum atomic E-state index is 12.3. The highest BCUT2D eigenvalue weighted by Gasteiger charge is 2.09. The lowest BCUT2D eigenvalue weighted by Gasteiger charge is -2.11. The molecule has 5 nitrogen and oxygen atoms in total. The van der Waals surface area contributed by atoms with Gasteiger partial charge in [-0.3, -0.25) is 4.79 Å². The summed E-state index contributed by atoms with van der Waals surface area (Å²) in [7, 11) is 0. The van der Waals surface area contributed by atoms with Crippen LogP contribution in [0.15, 0.2) is 47.3 Å². The van der Waals surface area contributed by atoms with Crippen molar-refractivity contribution in [1.29, 1.82) is 0 Å². The fourth-order valence-corrected chi connectivity index (χ4v) is 3.03. The molecular formula is C21H26N4O. The largest absolute Gasteiger partial charge is 0.397 e. The minimum absolute atomic E-state index is 0.166. The molecule has 0 amide bonds. The van der Waals surface area contributed by atoms with Gasteiger partial charge in [-0.2, -0.15) is 0 Å². The van der Waals surface area contributed by atoms with Crippen LogP contribution in [-0.4, -0.2) is 16.5 Å². The Morgan fingerprint density at radius 3 is 2.69 bits per heavy atom. The third kappa shape index (κ3) is 4.42. The van der Waals surface area contributed by atoms with Gasteiger partial charge in [-0.25, -0.2) is 4.98 Å². The van der Waals surface area contributed by atoms with Gasteiger partial charge in [0.05, 0.1) is 22.4 Å². The lowest BCUT2D eigenvalue weighted by molar-refractivity contribution is 0.685. The lowest BCUT2D eigenvalue weighted by atomic mass is 10.1. The van der Waals surface area contributed by atoms with Crippen LogP contribution in [0.1, 0.15) is 43.9 Å². The number of nitrogens with one attached hydrogen (secondary N) is 2. The maximum absolute atomic E-state index is 12.3. The number of nitrogens with zero attached hydrogens (tertiary/aromatic N) is 1. The van der Waals surface area contributed by atoms with Gasteiger partial charge < -0.3 is 16.0 Å². The number of nitrogens with two attached hydrogens (primary N) is 1. The molecule has 0 unspecified atom stereocenters. The SMILES string of the molecule is CCCCCCNc1cc2nc(Cc3ccccc3)c(=O)[nH]c2cc1N. The van der Waals surface area contributed by atoms with Crippen LogP contribution in [0.3, 0.4) is 0 Å². The van der Waals surface area contributed by atoms with Crippen molar-refractivity contribution in [3.05, 3.63) is 64.1 Å². The Morgan fingerprint density at radius 1 is 1.12 bits per heavy atom. The number of H-pyrrole nitrogens is 1. The zero-order valence-electron chi connectivity index (χ0n) is 15.2. The fourth-order valence-electron chi connectivity index (χ4n) is 3.03. The van der Waals surface area contributed by atoms with Crippen LogP contribution in [0.5, 0.6) is 0 Å². The molecule has 0 aliphatic carbocycles. The second-order valence-corrected chi connectivity index (χ2v) is 6.62. The van der Waals surface area contributed by atoms with Crippen molar-refractivity contribution in [3.63, 3.8) is 0 Å². The van der Waals surface area contributed by atoms with Crippen LogP contribution in [0.4, 0.5) is 11.4 Å². The number of aromatic amines is 1. The molecule has 5 heteroatoms. The van der Waals surface area contributed by atoms with Gasteiger partial charge >= 0.3 is 0 Å². The minimum atomic E-state index is -0.166. The molecule has 0 saturated carbocycles. The van der Waals surface area contributed by atoms with Crippen LogP contribution in [0, 0.1) is 0 Å². The van der Waals surface area contributed by atoms with Crippen molar-refractivity contribution in [2.75, 3.05) is 17.6 Å². The number of nitrogen functional groups attached to an aromatic ring is 1. The molecule has 0 bridgehead atoms. The second-order valence-electron chi connectivity index (χ2n) is 6.62. The van der Waals surface area contributed by atoms with Gasteiger partial charge in [0, 0.05) is 13.0 Å². The van der Waals surface area contributed by atoms with Gasteiger partial charge in [0.15, 0.2) is 0 Å². The van der Waals surface area contributed by atoms with E-state index < -0.39 is 0 Å². The van der Waals surface area contributed by atoms with E-state index in [0.717, 1.165) is 29.7 Å². The summed E-state index contributed by atoms with van der Waals surface area (Å²) in [6, 6.07) is 13.6. The van der Waals surface area contributed by atoms with E-state index in [2.05, 4.69) is 22.2 Å². The van der Waals surface area contributed by atoms with Crippen molar-refractivity contribution < 1.29 is 0 Å². The zero-order chi connectivity index (χ0) is 18.4. The number of benzene rings is 2. The summed E-state index contributed by atoms with van der Waals surface area (Å²) < 4.78 is 0. The summed E-state index contributed by atoms with van der Waals surface area (Å²) in [5, 5.41) is 3.39. The van der Waals surface area contributed by atoms with Gasteiger partial charge in [0.1, 0.15) is 5.69 Å². The van der Waals surface area contributed by atoms with Crippen LogP contribution in [0.25, 0.3) is 11.0 Å². The number of hydrogen-bond acceptors (Lipinski definition) is 4. The van der Waals surface area contributed by atoms with E-state index >= 15 is 0 Å². The Bertz CT molecular complexity index is 918. The molecule has 0 aliphatic heterocycles. The molecule has 136 valence electrons. The summed E-state index contributed by atoms with van der Waals surface area (Å²) in [5.41, 5.74) is 10.5. The standard InChI is InChI=1S/C21H26N4O/c1-2-3-4-8-11-23-17-14-19-18(13-16(17)22)25-21(26)20(24-19)12-15-9-6-5-7-10-15/h5-7,9-10,13-14,23H,2-4,8,11-12,22H2,1H3,(H,25,26). The normalized spacial score (nSPS) is 11.0. The summed E-state index contributed by atoms with van der Waals surface area (Å²) in [5.74, 6) is 0. The molecule has 3 aromatic rings. The number of unbranched alkanes of at least 4 members (excludes halogenated alkanes) is 3. The maximum Gasteiger partial charge on any atom is 0.270 e. The Balaban J connectivity index is 1.82. The number of anilines is 2. The van der Waals surface area contributed by atoms with E-state index in [1.165, 1.54) is 19.3 Å². The number of aromatic nitrogens is 2. The first-order chi connectivity index (χ1) is 12.7. The molecule has 3 rings (SSSR count). The van der Waals surface area contributed by atoms with Crippen LogP contribution in [0.2, 0.25) is 0 Å². The van der Waals surface area contributed by atoms with Crippen LogP contribution >= 0.6 is 0 Å². The quantitative estimate of drug-likeness (QED) is 0.422. The molecule has 26 heavy (non-hydrogen) atoms. The molecule has 0 spiro atoms. The first kappa shape index (κ1) is 18.0. The average molecular weight is 350 g/mol. The Kier molecular flexibility index (Phi) is 5.89. The number of fused-ring (bicyclic) bond motifs is 1. The smallest absolute Gasteiger partial charge is 0.270 e. The molecule has 1 heterocycles. The number of rotatable bonds is 8. The summed E-state index contributed by atoms with van der Waals surface area (Å²) >= 11 is 0. The molecule has 2 aromatic carbocycles. The first-order valence-electron chi connectivity index (χ1n) is 9.27. The number of hydrogen-bond donors (Lipinski definition) is 3. The van der Waals surface area contributed by atoms with Crippen molar-refractivity contribution in [1.82, 2.24) is 9.97 Å². The van der Waals surface area contributed by atoms with Gasteiger partial charge in [0.2, 0.25) is 0 Å². The highest BCUT2D eigenvalue weighted by atomic mass is 16.1. The summed E-state index contributed by atoms with van der Waals surface area (Å²) in [4.78, 5) is 19.8. The fraction of sp³-hybridized carbons (Fsp3) is 0.333. The second kappa shape index (κ2) is 8.52. The van der Waals surface area contributed by atoms with Crippen LogP contribution < -0.4 is 16.6 Å². The highest BCUT2D eigenvalue weighted by Crippen LogP contribution is 2.24. The van der Waals surface area contributed by atoms with Gasteiger partial charge in [-0.15, -0.1) is 0 Å². The highest BCUT2D eigenvalue weighted by molar-refractivity contribution is 5.86. The Labute approximate surface area is 153 Å². The van der Waals surface area contributed by atoms with E-state index in [9.17, 15) is 4.79 Å². The summed E-state index contributed by atoms with van der Waals surface area (Å²) in [6.07, 6.45) is 5.31. The van der Waals surface area contributed by atoms with Gasteiger partial charge in [0.25, 0.3) is 5.56 Å². The van der Waals surface area contributed by atoms with E-state index in [1.807, 2.05) is 36.4 Å². The lowest BCUT2D eigenvalue weighted by Crippen LogP contribution is -2.16. The third-order valence-corrected chi connectivity index (χ3v) is 4.49. The molecule has 0 aliphatic rings. The first-order valence-corrected chi connectivity index (χ1v) is 9.27. The van der Waals surface area contributed by atoms with E-state index in [1.54, 1.807) is 6.07 Å². The molecule has 1 aromatic heterocycles. The Morgan fingerprint density at radius 2 is 1.92 bits per heavy atom. The molecular weight excluding hydrogens is 324 g/mol. The predicted octanol–water partition coefficient (Wildman–Crippen LogP) is 4.09. The van der Waals surface area contributed by atoms with Gasteiger partial charge in [-0.05, 0) is 24.1 Å². The van der Waals surface area contributed by atoms with Crippen molar-refractivity contribution >= 4 is 22.4 Å². The van der Waals surface area contributed by atoms with Gasteiger partial charge in [-0.1, -0.05) is 56.5 Å². The van der Waals surface area contributed by atoms with Crippen molar-refractivity contribution in [2.24, 2.45) is 0 Å². The average Bonchev–Trinajstić information content (AvgIpc) is 2.64. The predicted molar refractivity (Wildman–Crippen MR) is 109 cm³/mol. The third-order valence-electron chi connectivity index (χ3n) is 4.49. The van der Waals surface area contributed by atoms with Crippen molar-refractivity contribution in [2.45, 2.75) is 39.0 Å². The molecule has 0 atom stereocenters. The molecule has 0 fully saturated rings. The van der Waals surface area contributed by atoms with E-state index in [4.69, 9.17) is 5.73 Å². The van der Waals surface area contributed by atoms with Crippen molar-refractivity contribution in [3.8, 4) is 0 Å². The van der Waals surface area contributed by atoms with Crippen LogP contribution in [-0.2, 0) is 6.42 Å². The summed E-state index contributed by atoms with van der Waals surface area (Å²) in [6.45, 7) is 3.09. The molecule has 0 saturated heterocycles. The molecule has 0 radical (unpaired) electrons. The zero-order valence-corrected chi connectivity index (χ0v) is 15.2. The topological polar surface area (TPSA) is 83.8 Å². The van der Waals surface area contributed by atoms with E-state index in [0.29, 0.717) is 23.3 Å². The Hall–Kier alpha value is -2.82.